The standard InChI is InChI=1S/C11H12NO2.2C2H6.ClH/c1-8-9(2)14-11(12(8)13)10-6-4-3-5-7-10;2*1-2;/h3-7,13H,1-2H3;2*1-2H3;1H/q+1;;;. The van der Waals surface area contributed by atoms with Crippen molar-refractivity contribution in [2.75, 3.05) is 0 Å². The van der Waals surface area contributed by atoms with Crippen molar-refractivity contribution in [3.8, 4) is 11.5 Å². The van der Waals surface area contributed by atoms with Gasteiger partial charge in [0.15, 0.2) is 5.76 Å². The summed E-state index contributed by atoms with van der Waals surface area (Å²) < 4.78 is 6.52. The van der Waals surface area contributed by atoms with E-state index in [1.54, 1.807) is 0 Å². The fourth-order valence-corrected chi connectivity index (χ4v) is 1.33. The Balaban J connectivity index is 0. The highest BCUT2D eigenvalue weighted by Gasteiger charge is 2.24. The number of hydrogen-bond donors (Lipinski definition) is 1. The Labute approximate surface area is 122 Å². The molecule has 0 saturated heterocycles. The average Bonchev–Trinajstić information content (AvgIpc) is 2.72. The maximum absolute atomic E-state index is 9.69. The number of aryl methyl sites for hydroxylation is 1. The molecule has 0 radical (unpaired) electrons. The molecule has 0 saturated carbocycles. The second kappa shape index (κ2) is 10.4. The Morgan fingerprint density at radius 1 is 0.947 bits per heavy atom. The van der Waals surface area contributed by atoms with Crippen LogP contribution >= 0.6 is 12.4 Å². The summed E-state index contributed by atoms with van der Waals surface area (Å²) in [6, 6.07) is 9.52. The molecule has 1 N–H and O–H groups in total. The summed E-state index contributed by atoms with van der Waals surface area (Å²) in [4.78, 5) is 0. The third-order valence-corrected chi connectivity index (χ3v) is 2.29. The minimum atomic E-state index is 0. The lowest BCUT2D eigenvalue weighted by Gasteiger charge is -1.88. The van der Waals surface area contributed by atoms with Gasteiger partial charge in [-0.25, -0.2) is 0 Å². The van der Waals surface area contributed by atoms with Crippen LogP contribution in [-0.2, 0) is 0 Å². The van der Waals surface area contributed by atoms with Gasteiger partial charge in [-0.2, -0.15) is 0 Å². The first kappa shape index (κ1) is 19.9. The Hall–Kier alpha value is -1.48. The molecule has 0 amide bonds. The lowest BCUT2D eigenvalue weighted by atomic mass is 10.2. The molecule has 108 valence electrons. The summed E-state index contributed by atoms with van der Waals surface area (Å²) in [7, 11) is 0. The van der Waals surface area contributed by atoms with Gasteiger partial charge in [-0.3, -0.25) is 5.21 Å². The maximum atomic E-state index is 9.69. The van der Waals surface area contributed by atoms with Crippen LogP contribution in [0.4, 0.5) is 0 Å². The average molecular weight is 287 g/mol. The van der Waals surface area contributed by atoms with Gasteiger partial charge in [-0.15, -0.1) is 12.4 Å². The van der Waals surface area contributed by atoms with Crippen molar-refractivity contribution >= 4 is 12.4 Å². The van der Waals surface area contributed by atoms with E-state index in [0.717, 1.165) is 21.7 Å². The molecular weight excluding hydrogens is 262 g/mol. The molecule has 0 aliphatic heterocycles. The smallest absolute Gasteiger partial charge is 0.400 e. The molecule has 0 spiro atoms. The zero-order valence-electron chi connectivity index (χ0n) is 12.6. The molecule has 0 aliphatic carbocycles. The largest absolute Gasteiger partial charge is 0.429 e. The molecule has 1 aromatic heterocycles. The molecule has 4 heteroatoms. The zero-order chi connectivity index (χ0) is 14.1. The molecule has 19 heavy (non-hydrogen) atoms. The van der Waals surface area contributed by atoms with Crippen molar-refractivity contribution in [3.05, 3.63) is 41.8 Å². The number of halogens is 1. The summed E-state index contributed by atoms with van der Waals surface area (Å²) >= 11 is 0. The van der Waals surface area contributed by atoms with E-state index in [2.05, 4.69) is 0 Å². The molecular formula is C15H25ClNO2+. The molecule has 2 aromatic rings. The van der Waals surface area contributed by atoms with Gasteiger partial charge in [0.25, 0.3) is 5.69 Å². The molecule has 0 unspecified atom stereocenters. The first-order valence-corrected chi connectivity index (χ1v) is 6.47. The van der Waals surface area contributed by atoms with Gasteiger partial charge in [-0.1, -0.05) is 45.9 Å². The van der Waals surface area contributed by atoms with Crippen LogP contribution < -0.4 is 4.73 Å². The van der Waals surface area contributed by atoms with E-state index in [-0.39, 0.29) is 12.4 Å². The molecule has 0 bridgehead atoms. The van der Waals surface area contributed by atoms with Gasteiger partial charge >= 0.3 is 5.89 Å². The highest BCUT2D eigenvalue weighted by Crippen LogP contribution is 2.18. The SMILES string of the molecule is CC.CC.Cc1oc(-c2ccccc2)[n+](O)c1C.Cl. The number of rotatable bonds is 1. The lowest BCUT2D eigenvalue weighted by molar-refractivity contribution is -0.901. The van der Waals surface area contributed by atoms with Crippen molar-refractivity contribution in [3.63, 3.8) is 0 Å². The molecule has 0 aliphatic rings. The number of nitrogens with zero attached hydrogens (tertiary/aromatic N) is 1. The van der Waals surface area contributed by atoms with Gasteiger partial charge in [0, 0.05) is 13.8 Å². The summed E-state index contributed by atoms with van der Waals surface area (Å²) in [5, 5.41) is 9.69. The van der Waals surface area contributed by atoms with E-state index < -0.39 is 0 Å². The van der Waals surface area contributed by atoms with Crippen LogP contribution in [0.3, 0.4) is 0 Å². The fourth-order valence-electron chi connectivity index (χ4n) is 1.33. The van der Waals surface area contributed by atoms with E-state index in [1.807, 2.05) is 71.9 Å². The number of benzene rings is 1. The van der Waals surface area contributed by atoms with Crippen molar-refractivity contribution in [1.82, 2.24) is 0 Å². The Morgan fingerprint density at radius 3 is 1.79 bits per heavy atom. The molecule has 3 nitrogen and oxygen atoms in total. The summed E-state index contributed by atoms with van der Waals surface area (Å²) in [5.74, 6) is 1.20. The quantitative estimate of drug-likeness (QED) is 0.616. The van der Waals surface area contributed by atoms with Crippen LogP contribution in [0.1, 0.15) is 39.1 Å². The third kappa shape index (κ3) is 4.95. The minimum absolute atomic E-state index is 0. The normalized spacial score (nSPS) is 8.32. The van der Waals surface area contributed by atoms with Crippen molar-refractivity contribution in [1.29, 1.82) is 0 Å². The van der Waals surface area contributed by atoms with E-state index in [9.17, 15) is 5.21 Å². The van der Waals surface area contributed by atoms with Gasteiger partial charge in [0.1, 0.15) is 0 Å². The highest BCUT2D eigenvalue weighted by molar-refractivity contribution is 5.85. The fraction of sp³-hybridized carbons (Fsp3) is 0.400. The van der Waals surface area contributed by atoms with Crippen molar-refractivity contribution < 1.29 is 14.4 Å². The molecule has 0 fully saturated rings. The van der Waals surface area contributed by atoms with Gasteiger partial charge in [-0.05, 0) is 12.1 Å². The number of aromatic nitrogens is 1. The van der Waals surface area contributed by atoms with Gasteiger partial charge in [0.05, 0.1) is 10.3 Å². The van der Waals surface area contributed by atoms with E-state index in [0.29, 0.717) is 5.89 Å². The first-order chi connectivity index (χ1) is 8.70. The van der Waals surface area contributed by atoms with Crippen LogP contribution in [0.5, 0.6) is 0 Å². The summed E-state index contributed by atoms with van der Waals surface area (Å²) in [5.41, 5.74) is 1.59. The van der Waals surface area contributed by atoms with Crippen LogP contribution in [0.2, 0.25) is 0 Å². The number of oxazole rings is 1. The third-order valence-electron chi connectivity index (χ3n) is 2.29. The highest BCUT2D eigenvalue weighted by atomic mass is 35.5. The minimum Gasteiger partial charge on any atom is -0.400 e. The summed E-state index contributed by atoms with van der Waals surface area (Å²) in [6.45, 7) is 11.6. The second-order valence-corrected chi connectivity index (χ2v) is 3.23. The summed E-state index contributed by atoms with van der Waals surface area (Å²) in [6.07, 6.45) is 0. The molecule has 1 aromatic carbocycles. The van der Waals surface area contributed by atoms with Gasteiger partial charge in [0.2, 0.25) is 0 Å². The van der Waals surface area contributed by atoms with Crippen LogP contribution in [0.25, 0.3) is 11.5 Å². The lowest BCUT2D eigenvalue weighted by Crippen LogP contribution is -2.33. The first-order valence-electron chi connectivity index (χ1n) is 6.47. The maximum Gasteiger partial charge on any atom is 0.429 e. The van der Waals surface area contributed by atoms with Crippen LogP contribution in [-0.4, -0.2) is 5.21 Å². The zero-order valence-corrected chi connectivity index (χ0v) is 13.4. The predicted molar refractivity (Wildman–Crippen MR) is 80.9 cm³/mol. The van der Waals surface area contributed by atoms with Crippen molar-refractivity contribution in [2.24, 2.45) is 0 Å². The van der Waals surface area contributed by atoms with E-state index >= 15 is 0 Å². The topological polar surface area (TPSA) is 37.2 Å². The Morgan fingerprint density at radius 2 is 1.42 bits per heavy atom. The number of hydrogen-bond acceptors (Lipinski definition) is 2. The molecule has 2 rings (SSSR count). The van der Waals surface area contributed by atoms with E-state index in [1.165, 1.54) is 0 Å². The van der Waals surface area contributed by atoms with Crippen LogP contribution in [0.15, 0.2) is 34.7 Å². The van der Waals surface area contributed by atoms with Crippen molar-refractivity contribution in [2.45, 2.75) is 41.5 Å². The molecule has 1 heterocycles. The molecule has 0 atom stereocenters. The van der Waals surface area contributed by atoms with Crippen LogP contribution in [0, 0.1) is 13.8 Å². The predicted octanol–water partition coefficient (Wildman–Crippen LogP) is 4.56. The van der Waals surface area contributed by atoms with Gasteiger partial charge < -0.3 is 4.42 Å². The van der Waals surface area contributed by atoms with E-state index in [4.69, 9.17) is 4.42 Å². The second-order valence-electron chi connectivity index (χ2n) is 3.23. The monoisotopic (exact) mass is 286 g/mol. The Bertz CT molecular complexity index is 453. The Kier molecular flexibility index (Phi) is 10.9.